The zero-order valence-electron chi connectivity index (χ0n) is 11.0. The second-order valence-corrected chi connectivity index (χ2v) is 7.03. The Hall–Kier alpha value is -1.30. The van der Waals surface area contributed by atoms with Crippen LogP contribution in [0.2, 0.25) is 0 Å². The lowest BCUT2D eigenvalue weighted by atomic mass is 10.1. The average molecular weight is 304 g/mol. The van der Waals surface area contributed by atoms with Crippen molar-refractivity contribution in [3.63, 3.8) is 0 Å². The first-order valence-corrected chi connectivity index (χ1v) is 8.41. The molecule has 2 aromatic rings. The highest BCUT2D eigenvalue weighted by atomic mass is 32.2. The quantitative estimate of drug-likeness (QED) is 0.395. The van der Waals surface area contributed by atoms with Crippen molar-refractivity contribution in [2.75, 3.05) is 0 Å². The number of rotatable bonds is 4. The molecular formula is C15H16N2OS2. The van der Waals surface area contributed by atoms with Crippen molar-refractivity contribution < 1.29 is 4.79 Å². The van der Waals surface area contributed by atoms with Gasteiger partial charge < -0.3 is 0 Å². The van der Waals surface area contributed by atoms with E-state index in [1.165, 1.54) is 51.5 Å². The Kier molecular flexibility index (Phi) is 4.10. The highest BCUT2D eigenvalue weighted by molar-refractivity contribution is 7.98. The van der Waals surface area contributed by atoms with E-state index in [9.17, 15) is 4.79 Å². The number of amides is 1. The predicted molar refractivity (Wildman–Crippen MR) is 84.0 cm³/mol. The summed E-state index contributed by atoms with van der Waals surface area (Å²) in [7, 11) is 0. The van der Waals surface area contributed by atoms with Crippen molar-refractivity contribution in [2.45, 2.75) is 29.9 Å². The molecule has 0 atom stereocenters. The minimum Gasteiger partial charge on any atom is -0.289 e. The van der Waals surface area contributed by atoms with Crippen LogP contribution in [-0.2, 0) is 18.6 Å². The molecular weight excluding hydrogens is 288 g/mol. The summed E-state index contributed by atoms with van der Waals surface area (Å²) in [5.41, 5.74) is 5.17. The van der Waals surface area contributed by atoms with Crippen molar-refractivity contribution in [3.05, 3.63) is 51.2 Å². The number of carbonyl (C=O) groups is 1. The van der Waals surface area contributed by atoms with Gasteiger partial charge in [-0.05, 0) is 54.7 Å². The molecule has 1 aromatic heterocycles. The molecule has 0 aliphatic heterocycles. The van der Waals surface area contributed by atoms with E-state index in [1.54, 1.807) is 0 Å². The lowest BCUT2D eigenvalue weighted by Crippen LogP contribution is -2.29. The van der Waals surface area contributed by atoms with E-state index in [0.717, 1.165) is 5.75 Å². The van der Waals surface area contributed by atoms with Gasteiger partial charge in [0.25, 0.3) is 5.91 Å². The Labute approximate surface area is 126 Å². The number of thioether (sulfide) groups is 1. The number of benzene rings is 1. The van der Waals surface area contributed by atoms with Crippen molar-refractivity contribution in [1.82, 2.24) is 5.43 Å². The summed E-state index contributed by atoms with van der Waals surface area (Å²) >= 11 is 3.32. The standard InChI is InChI=1S/C15H16N2OS2/c16-17-15(18)14-7-6-13(20-14)9-19-12-5-4-10-2-1-3-11(10)8-12/h4-8H,1-3,9,16H2,(H,17,18). The van der Waals surface area contributed by atoms with Crippen LogP contribution in [0, 0.1) is 0 Å². The predicted octanol–water partition coefficient (Wildman–Crippen LogP) is 3.13. The maximum absolute atomic E-state index is 11.4. The van der Waals surface area contributed by atoms with Crippen molar-refractivity contribution in [1.29, 1.82) is 0 Å². The third-order valence-corrected chi connectivity index (χ3v) is 5.78. The van der Waals surface area contributed by atoms with Gasteiger partial charge in [0.1, 0.15) is 0 Å². The number of nitrogens with two attached hydrogens (primary N) is 1. The Morgan fingerprint density at radius 2 is 2.10 bits per heavy atom. The first-order chi connectivity index (χ1) is 9.76. The molecule has 3 rings (SSSR count). The molecule has 0 bridgehead atoms. The molecule has 0 spiro atoms. The molecule has 0 saturated heterocycles. The van der Waals surface area contributed by atoms with Crippen LogP contribution in [0.1, 0.15) is 32.1 Å². The van der Waals surface area contributed by atoms with E-state index < -0.39 is 0 Å². The van der Waals surface area contributed by atoms with Gasteiger partial charge in [0.05, 0.1) is 4.88 Å². The minimum atomic E-state index is -0.219. The maximum atomic E-state index is 11.4. The average Bonchev–Trinajstić information content (AvgIpc) is 3.12. The van der Waals surface area contributed by atoms with Crippen molar-refractivity contribution in [2.24, 2.45) is 5.84 Å². The van der Waals surface area contributed by atoms with Crippen molar-refractivity contribution in [3.8, 4) is 0 Å². The topological polar surface area (TPSA) is 55.1 Å². The van der Waals surface area contributed by atoms with Crippen LogP contribution in [0.5, 0.6) is 0 Å². The van der Waals surface area contributed by atoms with Gasteiger partial charge in [0.15, 0.2) is 0 Å². The molecule has 1 amide bonds. The molecule has 20 heavy (non-hydrogen) atoms. The Morgan fingerprint density at radius 1 is 1.25 bits per heavy atom. The Balaban J connectivity index is 1.64. The Bertz CT molecular complexity index is 637. The number of hydrogen-bond acceptors (Lipinski definition) is 4. The first kappa shape index (κ1) is 13.7. The lowest BCUT2D eigenvalue weighted by molar-refractivity contribution is 0.0957. The third-order valence-electron chi connectivity index (χ3n) is 3.47. The smallest absolute Gasteiger partial charge is 0.275 e. The molecule has 1 aromatic carbocycles. The number of thiophene rings is 1. The van der Waals surface area contributed by atoms with Crippen LogP contribution in [0.3, 0.4) is 0 Å². The summed E-state index contributed by atoms with van der Waals surface area (Å²) in [6.07, 6.45) is 3.72. The van der Waals surface area contributed by atoms with Gasteiger partial charge >= 0.3 is 0 Å². The largest absolute Gasteiger partial charge is 0.289 e. The van der Waals surface area contributed by atoms with Crippen LogP contribution >= 0.6 is 23.1 Å². The highest BCUT2D eigenvalue weighted by Gasteiger charge is 2.11. The molecule has 1 aliphatic carbocycles. The van der Waals surface area contributed by atoms with E-state index in [-0.39, 0.29) is 5.91 Å². The van der Waals surface area contributed by atoms with Crippen LogP contribution in [0.25, 0.3) is 0 Å². The van der Waals surface area contributed by atoms with Gasteiger partial charge in [0, 0.05) is 15.5 Å². The van der Waals surface area contributed by atoms with Gasteiger partial charge in [-0.15, -0.1) is 23.1 Å². The summed E-state index contributed by atoms with van der Waals surface area (Å²) in [5, 5.41) is 0. The van der Waals surface area contributed by atoms with Crippen molar-refractivity contribution >= 4 is 29.0 Å². The summed E-state index contributed by atoms with van der Waals surface area (Å²) in [6, 6.07) is 10.6. The van der Waals surface area contributed by atoms with Gasteiger partial charge in [0.2, 0.25) is 0 Å². The number of nitrogens with one attached hydrogen (secondary N) is 1. The van der Waals surface area contributed by atoms with Crippen LogP contribution < -0.4 is 11.3 Å². The van der Waals surface area contributed by atoms with Gasteiger partial charge in [-0.1, -0.05) is 6.07 Å². The third kappa shape index (κ3) is 2.90. The zero-order chi connectivity index (χ0) is 13.9. The van der Waals surface area contributed by atoms with E-state index in [0.29, 0.717) is 4.88 Å². The monoisotopic (exact) mass is 304 g/mol. The van der Waals surface area contributed by atoms with Gasteiger partial charge in [-0.25, -0.2) is 5.84 Å². The molecule has 104 valence electrons. The number of hydrazine groups is 1. The number of hydrogen-bond donors (Lipinski definition) is 2. The van der Waals surface area contributed by atoms with E-state index in [1.807, 2.05) is 23.9 Å². The van der Waals surface area contributed by atoms with Crippen LogP contribution in [-0.4, -0.2) is 5.91 Å². The van der Waals surface area contributed by atoms with E-state index in [2.05, 4.69) is 23.6 Å². The first-order valence-electron chi connectivity index (χ1n) is 6.60. The molecule has 3 N–H and O–H groups in total. The van der Waals surface area contributed by atoms with E-state index >= 15 is 0 Å². The lowest BCUT2D eigenvalue weighted by Gasteiger charge is -2.03. The molecule has 0 radical (unpaired) electrons. The number of aryl methyl sites for hydroxylation is 2. The highest BCUT2D eigenvalue weighted by Crippen LogP contribution is 2.31. The molecule has 5 heteroatoms. The van der Waals surface area contributed by atoms with E-state index in [4.69, 9.17) is 5.84 Å². The maximum Gasteiger partial charge on any atom is 0.275 e. The molecule has 0 saturated carbocycles. The fourth-order valence-electron chi connectivity index (χ4n) is 2.44. The molecule has 0 fully saturated rings. The zero-order valence-corrected chi connectivity index (χ0v) is 12.7. The second-order valence-electron chi connectivity index (χ2n) is 4.81. The fraction of sp³-hybridized carbons (Fsp3) is 0.267. The second kappa shape index (κ2) is 5.99. The molecule has 1 heterocycles. The minimum absolute atomic E-state index is 0.219. The number of nitrogen functional groups attached to an aromatic ring is 1. The van der Waals surface area contributed by atoms with Crippen LogP contribution in [0.4, 0.5) is 0 Å². The summed E-state index contributed by atoms with van der Waals surface area (Å²) < 4.78 is 0. The molecule has 1 aliphatic rings. The summed E-state index contributed by atoms with van der Waals surface area (Å²) in [5.74, 6) is 5.80. The SMILES string of the molecule is NNC(=O)c1ccc(CSc2ccc3c(c2)CCC3)s1. The summed E-state index contributed by atoms with van der Waals surface area (Å²) in [4.78, 5) is 14.6. The summed E-state index contributed by atoms with van der Waals surface area (Å²) in [6.45, 7) is 0. The number of carbonyl (C=O) groups excluding carboxylic acids is 1. The fourth-order valence-corrected chi connectivity index (χ4v) is 4.35. The van der Waals surface area contributed by atoms with Gasteiger partial charge in [-0.2, -0.15) is 0 Å². The number of fused-ring (bicyclic) bond motifs is 1. The van der Waals surface area contributed by atoms with Gasteiger partial charge in [-0.3, -0.25) is 10.2 Å². The normalized spacial score (nSPS) is 13.2. The Morgan fingerprint density at radius 3 is 2.95 bits per heavy atom. The van der Waals surface area contributed by atoms with Crippen LogP contribution in [0.15, 0.2) is 35.2 Å². The molecule has 0 unspecified atom stereocenters. The molecule has 3 nitrogen and oxygen atoms in total.